The van der Waals surface area contributed by atoms with Gasteiger partial charge < -0.3 is 10.8 Å². The zero-order valence-corrected chi connectivity index (χ0v) is 7.21. The second-order valence-corrected chi connectivity index (χ2v) is 2.91. The monoisotopic (exact) mass is 159 g/mol. The molecular weight excluding hydrogens is 142 g/mol. The van der Waals surface area contributed by atoms with Crippen LogP contribution in [0.4, 0.5) is 0 Å². The van der Waals surface area contributed by atoms with Gasteiger partial charge in [0.15, 0.2) is 5.78 Å². The van der Waals surface area contributed by atoms with E-state index in [1.807, 2.05) is 6.92 Å². The largest absolute Gasteiger partial charge is 0.385 e. The number of carbonyl (C=O) groups is 1. The number of nitrogens with two attached hydrogens (primary N) is 1. The lowest BCUT2D eigenvalue weighted by atomic mass is 10.0. The van der Waals surface area contributed by atoms with Crippen LogP contribution in [0.1, 0.15) is 33.1 Å². The molecule has 3 N–H and O–H groups in total. The van der Waals surface area contributed by atoms with Crippen molar-refractivity contribution in [2.75, 3.05) is 0 Å². The summed E-state index contributed by atoms with van der Waals surface area (Å²) in [5.41, 5.74) is 5.61. The highest BCUT2D eigenvalue weighted by molar-refractivity contribution is 5.80. The van der Waals surface area contributed by atoms with Gasteiger partial charge in [0.05, 0.1) is 0 Å². The first-order chi connectivity index (χ1) is 5.07. The molecule has 0 amide bonds. The minimum absolute atomic E-state index is 0.0427. The molecule has 0 heterocycles. The Balaban J connectivity index is 3.56. The van der Waals surface area contributed by atoms with Gasteiger partial charge in [-0.15, -0.1) is 0 Å². The topological polar surface area (TPSA) is 63.3 Å². The molecule has 3 nitrogen and oxygen atoms in total. The summed E-state index contributed by atoms with van der Waals surface area (Å²) < 4.78 is 0. The van der Waals surface area contributed by atoms with Crippen LogP contribution in [0.2, 0.25) is 0 Å². The van der Waals surface area contributed by atoms with Crippen molar-refractivity contribution in [3.8, 4) is 0 Å². The summed E-state index contributed by atoms with van der Waals surface area (Å²) in [6.45, 7) is 3.41. The van der Waals surface area contributed by atoms with E-state index < -0.39 is 6.10 Å². The van der Waals surface area contributed by atoms with E-state index in [9.17, 15) is 4.79 Å². The molecule has 0 fully saturated rings. The van der Waals surface area contributed by atoms with E-state index in [2.05, 4.69) is 0 Å². The van der Waals surface area contributed by atoms with Gasteiger partial charge in [0, 0.05) is 6.04 Å². The van der Waals surface area contributed by atoms with Crippen LogP contribution in [0.25, 0.3) is 0 Å². The van der Waals surface area contributed by atoms with Crippen LogP contribution in [0, 0.1) is 0 Å². The fourth-order valence-corrected chi connectivity index (χ4v) is 0.941. The van der Waals surface area contributed by atoms with Gasteiger partial charge in [-0.1, -0.05) is 13.3 Å². The quantitative estimate of drug-likeness (QED) is 0.612. The van der Waals surface area contributed by atoms with Crippen LogP contribution < -0.4 is 5.73 Å². The molecule has 0 rings (SSSR count). The molecule has 2 unspecified atom stereocenters. The van der Waals surface area contributed by atoms with Gasteiger partial charge in [0.1, 0.15) is 6.10 Å². The van der Waals surface area contributed by atoms with Gasteiger partial charge in [-0.3, -0.25) is 4.79 Å². The SMILES string of the molecule is CCCC(N)CC(O)C(C)=O. The Kier molecular flexibility index (Phi) is 5.07. The number of aliphatic hydroxyl groups is 1. The molecular formula is C8H17NO2. The van der Waals surface area contributed by atoms with Crippen molar-refractivity contribution in [2.24, 2.45) is 5.73 Å². The van der Waals surface area contributed by atoms with E-state index >= 15 is 0 Å². The minimum Gasteiger partial charge on any atom is -0.385 e. The molecule has 0 aliphatic heterocycles. The first-order valence-electron chi connectivity index (χ1n) is 4.02. The Morgan fingerprint density at radius 1 is 1.64 bits per heavy atom. The van der Waals surface area contributed by atoms with E-state index in [1.54, 1.807) is 0 Å². The molecule has 0 aromatic carbocycles. The maximum Gasteiger partial charge on any atom is 0.158 e. The Labute approximate surface area is 67.6 Å². The normalized spacial score (nSPS) is 16.0. The van der Waals surface area contributed by atoms with Crippen molar-refractivity contribution in [3.63, 3.8) is 0 Å². The molecule has 0 aromatic heterocycles. The van der Waals surface area contributed by atoms with Crippen molar-refractivity contribution in [1.29, 1.82) is 0 Å². The highest BCUT2D eigenvalue weighted by Crippen LogP contribution is 2.02. The van der Waals surface area contributed by atoms with Crippen LogP contribution in [0.3, 0.4) is 0 Å². The summed E-state index contributed by atoms with van der Waals surface area (Å²) in [7, 11) is 0. The van der Waals surface area contributed by atoms with Gasteiger partial charge >= 0.3 is 0 Å². The van der Waals surface area contributed by atoms with E-state index in [-0.39, 0.29) is 11.8 Å². The molecule has 2 atom stereocenters. The molecule has 0 spiro atoms. The van der Waals surface area contributed by atoms with E-state index in [1.165, 1.54) is 6.92 Å². The molecule has 66 valence electrons. The van der Waals surface area contributed by atoms with Crippen molar-refractivity contribution >= 4 is 5.78 Å². The van der Waals surface area contributed by atoms with Crippen LogP contribution >= 0.6 is 0 Å². The maximum absolute atomic E-state index is 10.6. The molecule has 0 radical (unpaired) electrons. The molecule has 0 saturated heterocycles. The van der Waals surface area contributed by atoms with Crippen molar-refractivity contribution in [2.45, 2.75) is 45.3 Å². The highest BCUT2D eigenvalue weighted by atomic mass is 16.3. The summed E-state index contributed by atoms with van der Waals surface area (Å²) in [6, 6.07) is -0.0427. The first kappa shape index (κ1) is 10.6. The Hall–Kier alpha value is -0.410. The summed E-state index contributed by atoms with van der Waals surface area (Å²) in [4.78, 5) is 10.6. The second-order valence-electron chi connectivity index (χ2n) is 2.91. The predicted molar refractivity (Wildman–Crippen MR) is 44.2 cm³/mol. The summed E-state index contributed by atoms with van der Waals surface area (Å²) in [5.74, 6) is -0.198. The van der Waals surface area contributed by atoms with Crippen LogP contribution in [0.5, 0.6) is 0 Å². The third-order valence-electron chi connectivity index (χ3n) is 1.65. The zero-order chi connectivity index (χ0) is 8.85. The van der Waals surface area contributed by atoms with Gasteiger partial charge in [-0.2, -0.15) is 0 Å². The first-order valence-corrected chi connectivity index (χ1v) is 4.02. The number of rotatable bonds is 5. The van der Waals surface area contributed by atoms with Crippen LogP contribution in [-0.4, -0.2) is 23.0 Å². The second kappa shape index (κ2) is 5.27. The number of Topliss-reactive ketones (excluding diaryl/α,β-unsaturated/α-hetero) is 1. The lowest BCUT2D eigenvalue weighted by molar-refractivity contribution is -0.125. The fraction of sp³-hybridized carbons (Fsp3) is 0.875. The lowest BCUT2D eigenvalue weighted by Gasteiger charge is -2.12. The molecule has 0 saturated carbocycles. The molecule has 3 heteroatoms. The van der Waals surface area contributed by atoms with E-state index in [0.29, 0.717) is 6.42 Å². The smallest absolute Gasteiger partial charge is 0.158 e. The standard InChI is InChI=1S/C8H17NO2/c1-3-4-7(9)5-8(11)6(2)10/h7-8,11H,3-5,9H2,1-2H3. The molecule has 0 bridgehead atoms. The van der Waals surface area contributed by atoms with Gasteiger partial charge in [-0.05, 0) is 19.8 Å². The Morgan fingerprint density at radius 3 is 2.55 bits per heavy atom. The third kappa shape index (κ3) is 4.93. The average molecular weight is 159 g/mol. The number of aliphatic hydroxyl groups excluding tert-OH is 1. The molecule has 11 heavy (non-hydrogen) atoms. The molecule has 0 aliphatic carbocycles. The minimum atomic E-state index is -0.864. The van der Waals surface area contributed by atoms with E-state index in [4.69, 9.17) is 10.8 Å². The predicted octanol–water partition coefficient (Wildman–Crippen LogP) is 0.454. The number of hydrogen-bond acceptors (Lipinski definition) is 3. The van der Waals surface area contributed by atoms with Crippen molar-refractivity contribution < 1.29 is 9.90 Å². The number of carbonyl (C=O) groups excluding carboxylic acids is 1. The third-order valence-corrected chi connectivity index (χ3v) is 1.65. The highest BCUT2D eigenvalue weighted by Gasteiger charge is 2.13. The van der Waals surface area contributed by atoms with Crippen molar-refractivity contribution in [3.05, 3.63) is 0 Å². The van der Waals surface area contributed by atoms with E-state index in [0.717, 1.165) is 12.8 Å². The van der Waals surface area contributed by atoms with Gasteiger partial charge in [0.2, 0.25) is 0 Å². The molecule has 0 aliphatic rings. The maximum atomic E-state index is 10.6. The molecule has 0 aromatic rings. The number of hydrogen-bond donors (Lipinski definition) is 2. The summed E-state index contributed by atoms with van der Waals surface area (Å²) >= 11 is 0. The summed E-state index contributed by atoms with van der Waals surface area (Å²) in [5, 5.41) is 9.09. The van der Waals surface area contributed by atoms with Crippen LogP contribution in [-0.2, 0) is 4.79 Å². The Bertz CT molecular complexity index is 125. The van der Waals surface area contributed by atoms with Crippen LogP contribution in [0.15, 0.2) is 0 Å². The summed E-state index contributed by atoms with van der Waals surface area (Å²) in [6.07, 6.45) is 1.39. The zero-order valence-electron chi connectivity index (χ0n) is 7.21. The average Bonchev–Trinajstić information content (AvgIpc) is 1.87. The lowest BCUT2D eigenvalue weighted by Crippen LogP contribution is -2.29. The van der Waals surface area contributed by atoms with Crippen molar-refractivity contribution in [1.82, 2.24) is 0 Å². The van der Waals surface area contributed by atoms with Gasteiger partial charge in [0.25, 0.3) is 0 Å². The van der Waals surface area contributed by atoms with Gasteiger partial charge in [-0.25, -0.2) is 0 Å². The fourth-order valence-electron chi connectivity index (χ4n) is 0.941. The Morgan fingerprint density at radius 2 is 2.18 bits per heavy atom. The number of ketones is 1.